The van der Waals surface area contributed by atoms with Gasteiger partial charge in [0, 0.05) is 36.6 Å². The fourth-order valence-electron chi connectivity index (χ4n) is 3.93. The molecule has 6 nitrogen and oxygen atoms in total. The van der Waals surface area contributed by atoms with E-state index in [1.54, 1.807) is 11.3 Å². The maximum atomic E-state index is 5.00. The van der Waals surface area contributed by atoms with Crippen LogP contribution in [0.3, 0.4) is 0 Å². The summed E-state index contributed by atoms with van der Waals surface area (Å²) in [6.45, 7) is 3.78. The van der Waals surface area contributed by atoms with E-state index in [0.29, 0.717) is 0 Å². The topological polar surface area (TPSA) is 57.0 Å². The smallest absolute Gasteiger partial charge is 0.160 e. The van der Waals surface area contributed by atoms with E-state index in [1.807, 2.05) is 12.4 Å². The van der Waals surface area contributed by atoms with Crippen molar-refractivity contribution in [2.24, 2.45) is 9.98 Å². The molecule has 0 fully saturated rings. The van der Waals surface area contributed by atoms with Crippen molar-refractivity contribution in [3.8, 4) is 22.6 Å². The molecule has 2 aromatic carbocycles. The Morgan fingerprint density at radius 2 is 1.24 bits per heavy atom. The molecule has 4 aromatic rings. The predicted octanol–water partition coefficient (Wildman–Crippen LogP) is 5.77. The Morgan fingerprint density at radius 1 is 0.703 bits per heavy atom. The number of rotatable bonds is 12. The van der Waals surface area contributed by atoms with Gasteiger partial charge in [-0.2, -0.15) is 0 Å². The van der Waals surface area contributed by atoms with Gasteiger partial charge < -0.3 is 9.80 Å². The van der Waals surface area contributed by atoms with Gasteiger partial charge >= 0.3 is 0 Å². The molecule has 0 amide bonds. The first-order valence-electron chi connectivity index (χ1n) is 12.7. The molecule has 2 heterocycles. The molecule has 0 bridgehead atoms. The summed E-state index contributed by atoms with van der Waals surface area (Å²) in [7, 11) is 8.35. The molecular weight excluding hydrogens is 476 g/mol. The summed E-state index contributed by atoms with van der Waals surface area (Å²) < 4.78 is 1.11. The van der Waals surface area contributed by atoms with E-state index < -0.39 is 0 Å². The fourth-order valence-corrected chi connectivity index (χ4v) is 4.77. The van der Waals surface area contributed by atoms with Crippen molar-refractivity contribution in [3.05, 3.63) is 71.1 Å². The van der Waals surface area contributed by atoms with E-state index in [4.69, 9.17) is 9.97 Å². The standard InChI is InChI=1S/C30H36N6S/c1-35(2)18-5-16-31-21-23-7-11-25(12-8-23)28-29-27(15-20-37-29)33-30(34-28)26-13-9-24(10-14-26)22-32-17-6-19-36(3)4/h7-15,20-22H,5-6,16-19H2,1-4H3/b31-21-,32-22+. The number of nitrogens with zero attached hydrogens (tertiary/aromatic N) is 6. The maximum Gasteiger partial charge on any atom is 0.160 e. The van der Waals surface area contributed by atoms with Crippen LogP contribution in [0.2, 0.25) is 0 Å². The highest BCUT2D eigenvalue weighted by atomic mass is 32.1. The molecule has 0 aliphatic rings. The van der Waals surface area contributed by atoms with Crippen molar-refractivity contribution in [3.63, 3.8) is 0 Å². The maximum absolute atomic E-state index is 5.00. The van der Waals surface area contributed by atoms with Crippen LogP contribution >= 0.6 is 11.3 Å². The molecular formula is C30H36N6S. The summed E-state index contributed by atoms with van der Waals surface area (Å²) in [5.41, 5.74) is 6.22. The minimum atomic E-state index is 0.738. The van der Waals surface area contributed by atoms with E-state index in [1.165, 1.54) is 0 Å². The monoisotopic (exact) mass is 512 g/mol. The van der Waals surface area contributed by atoms with Gasteiger partial charge in [0.05, 0.1) is 15.9 Å². The van der Waals surface area contributed by atoms with Crippen LogP contribution in [0.25, 0.3) is 32.9 Å². The molecule has 0 atom stereocenters. The molecule has 4 rings (SSSR count). The Hall–Kier alpha value is -3.26. The second-order valence-electron chi connectivity index (χ2n) is 9.66. The van der Waals surface area contributed by atoms with Crippen molar-refractivity contribution in [1.29, 1.82) is 0 Å². The van der Waals surface area contributed by atoms with E-state index in [-0.39, 0.29) is 0 Å². The van der Waals surface area contributed by atoms with E-state index in [2.05, 4.69) is 108 Å². The number of aromatic nitrogens is 2. The third kappa shape index (κ3) is 7.86. The van der Waals surface area contributed by atoms with Gasteiger partial charge in [-0.1, -0.05) is 48.5 Å². The predicted molar refractivity (Wildman–Crippen MR) is 160 cm³/mol. The van der Waals surface area contributed by atoms with E-state index >= 15 is 0 Å². The Morgan fingerprint density at radius 3 is 1.78 bits per heavy atom. The fraction of sp³-hybridized carbons (Fsp3) is 0.333. The van der Waals surface area contributed by atoms with Crippen LogP contribution in [-0.4, -0.2) is 86.6 Å². The van der Waals surface area contributed by atoms with E-state index in [0.717, 1.165) is 83.0 Å². The summed E-state index contributed by atoms with van der Waals surface area (Å²) in [5.74, 6) is 0.738. The Kier molecular flexibility index (Phi) is 9.65. The molecule has 0 N–H and O–H groups in total. The molecule has 0 saturated carbocycles. The lowest BCUT2D eigenvalue weighted by Crippen LogP contribution is -2.13. The highest BCUT2D eigenvalue weighted by Gasteiger charge is 2.12. The third-order valence-electron chi connectivity index (χ3n) is 5.92. The first kappa shape index (κ1) is 26.8. The summed E-state index contributed by atoms with van der Waals surface area (Å²) >= 11 is 1.68. The van der Waals surface area contributed by atoms with Crippen LogP contribution in [0.4, 0.5) is 0 Å². The van der Waals surface area contributed by atoms with Gasteiger partial charge in [-0.05, 0) is 76.7 Å². The molecule has 192 valence electrons. The first-order valence-corrected chi connectivity index (χ1v) is 13.6. The zero-order valence-corrected chi connectivity index (χ0v) is 23.1. The Bertz CT molecular complexity index is 1320. The number of thiophene rings is 1. The van der Waals surface area contributed by atoms with Gasteiger partial charge in [0.25, 0.3) is 0 Å². The SMILES string of the molecule is CN(C)CCC/N=C\c1ccc(-c2nc(-c3ccc(/C=N/CCCN(C)C)cc3)nc3ccsc23)cc1. The van der Waals surface area contributed by atoms with Gasteiger partial charge in [-0.3, -0.25) is 9.98 Å². The van der Waals surface area contributed by atoms with Crippen LogP contribution in [0.1, 0.15) is 24.0 Å². The average Bonchev–Trinajstić information content (AvgIpc) is 3.37. The highest BCUT2D eigenvalue weighted by molar-refractivity contribution is 7.17. The third-order valence-corrected chi connectivity index (χ3v) is 6.83. The first-order chi connectivity index (χ1) is 18.0. The number of benzene rings is 2. The molecule has 0 aliphatic heterocycles. The zero-order valence-electron chi connectivity index (χ0n) is 22.3. The summed E-state index contributed by atoms with van der Waals surface area (Å²) in [4.78, 5) is 23.3. The quantitative estimate of drug-likeness (QED) is 0.179. The van der Waals surface area contributed by atoms with Crippen LogP contribution in [-0.2, 0) is 0 Å². The van der Waals surface area contributed by atoms with Gasteiger partial charge in [0.15, 0.2) is 5.82 Å². The lowest BCUT2D eigenvalue weighted by atomic mass is 10.1. The summed E-state index contributed by atoms with van der Waals surface area (Å²) in [6, 6.07) is 18.9. The molecule has 0 saturated heterocycles. The van der Waals surface area contributed by atoms with Gasteiger partial charge in [0.2, 0.25) is 0 Å². The van der Waals surface area contributed by atoms with Crippen molar-refractivity contribution < 1.29 is 0 Å². The molecule has 0 spiro atoms. The van der Waals surface area contributed by atoms with Crippen molar-refractivity contribution in [2.75, 3.05) is 54.4 Å². The normalized spacial score (nSPS) is 12.2. The van der Waals surface area contributed by atoms with Gasteiger partial charge in [-0.15, -0.1) is 11.3 Å². The van der Waals surface area contributed by atoms with Crippen LogP contribution in [0, 0.1) is 0 Å². The minimum Gasteiger partial charge on any atom is -0.309 e. The number of fused-ring (bicyclic) bond motifs is 1. The number of aliphatic imine (C=N–C) groups is 2. The van der Waals surface area contributed by atoms with Crippen LogP contribution in [0.15, 0.2) is 70.0 Å². The molecule has 7 heteroatoms. The summed E-state index contributed by atoms with van der Waals surface area (Å²) in [5, 5.41) is 2.08. The van der Waals surface area contributed by atoms with Gasteiger partial charge in [-0.25, -0.2) is 9.97 Å². The lowest BCUT2D eigenvalue weighted by molar-refractivity contribution is 0.403. The lowest BCUT2D eigenvalue weighted by Gasteiger charge is -2.08. The van der Waals surface area contributed by atoms with Gasteiger partial charge in [0.1, 0.15) is 0 Å². The molecule has 0 radical (unpaired) electrons. The zero-order chi connectivity index (χ0) is 26.0. The largest absolute Gasteiger partial charge is 0.309 e. The van der Waals surface area contributed by atoms with E-state index in [9.17, 15) is 0 Å². The average molecular weight is 513 g/mol. The van der Waals surface area contributed by atoms with Crippen molar-refractivity contribution in [2.45, 2.75) is 12.8 Å². The summed E-state index contributed by atoms with van der Waals surface area (Å²) in [6.07, 6.45) is 6.02. The second-order valence-corrected chi connectivity index (χ2v) is 10.6. The number of hydrogen-bond donors (Lipinski definition) is 0. The van der Waals surface area contributed by atoms with Crippen LogP contribution < -0.4 is 0 Å². The Balaban J connectivity index is 1.49. The molecule has 2 aromatic heterocycles. The molecule has 37 heavy (non-hydrogen) atoms. The van der Waals surface area contributed by atoms with Crippen LogP contribution in [0.5, 0.6) is 0 Å². The molecule has 0 unspecified atom stereocenters. The molecule has 0 aliphatic carbocycles. The van der Waals surface area contributed by atoms with Crippen molar-refractivity contribution >= 4 is 34.0 Å². The second kappa shape index (κ2) is 13.3. The Labute approximate surface area is 224 Å². The highest BCUT2D eigenvalue weighted by Crippen LogP contribution is 2.32. The minimum absolute atomic E-state index is 0.738. The van der Waals surface area contributed by atoms with Crippen molar-refractivity contribution in [1.82, 2.24) is 19.8 Å². The number of hydrogen-bond acceptors (Lipinski definition) is 7.